The molecule has 0 unspecified atom stereocenters. The first-order valence-corrected chi connectivity index (χ1v) is 8.63. The van der Waals surface area contributed by atoms with Crippen molar-refractivity contribution in [3.63, 3.8) is 0 Å². The highest BCUT2D eigenvalue weighted by molar-refractivity contribution is 6.33. The lowest BCUT2D eigenvalue weighted by Crippen LogP contribution is -2.39. The largest absolute Gasteiger partial charge is 0.506 e. The average Bonchev–Trinajstić information content (AvgIpc) is 2.53. The van der Waals surface area contributed by atoms with Gasteiger partial charge in [0, 0.05) is 5.56 Å². The predicted octanol–water partition coefficient (Wildman–Crippen LogP) is 4.52. The summed E-state index contributed by atoms with van der Waals surface area (Å²) in [5, 5.41) is 21.0. The number of benzene rings is 1. The van der Waals surface area contributed by atoms with Gasteiger partial charge < -0.3 is 10.2 Å². The molecule has 3 nitrogen and oxygen atoms in total. The van der Waals surface area contributed by atoms with Crippen molar-refractivity contribution >= 4 is 17.6 Å². The zero-order valence-electron chi connectivity index (χ0n) is 13.0. The molecule has 0 aliphatic heterocycles. The minimum atomic E-state index is -0.970. The second kappa shape index (κ2) is 5.77. The van der Waals surface area contributed by atoms with Crippen LogP contribution in [0.4, 0.5) is 0 Å². The van der Waals surface area contributed by atoms with E-state index >= 15 is 0 Å². The summed E-state index contributed by atoms with van der Waals surface area (Å²) in [5.41, 5.74) is 2.78. The summed E-state index contributed by atoms with van der Waals surface area (Å²) in [4.78, 5) is 12.1. The highest BCUT2D eigenvalue weighted by Crippen LogP contribution is 2.50. The third kappa shape index (κ3) is 2.21. The Morgan fingerprint density at radius 3 is 2.23 bits per heavy atom. The summed E-state index contributed by atoms with van der Waals surface area (Å²) in [6.07, 6.45) is 8.02. The lowest BCUT2D eigenvalue weighted by molar-refractivity contribution is -0.145. The van der Waals surface area contributed by atoms with Crippen molar-refractivity contribution in [2.45, 2.75) is 70.1 Å². The van der Waals surface area contributed by atoms with E-state index in [2.05, 4.69) is 0 Å². The van der Waals surface area contributed by atoms with E-state index in [1.807, 2.05) is 6.92 Å². The predicted molar refractivity (Wildman–Crippen MR) is 86.9 cm³/mol. The molecule has 1 saturated carbocycles. The molecule has 0 aromatic heterocycles. The quantitative estimate of drug-likeness (QED) is 0.841. The lowest BCUT2D eigenvalue weighted by atomic mass is 9.66. The molecule has 1 fully saturated rings. The number of phenols is 1. The van der Waals surface area contributed by atoms with E-state index in [4.69, 9.17) is 11.6 Å². The Morgan fingerprint density at radius 1 is 1.05 bits per heavy atom. The van der Waals surface area contributed by atoms with E-state index < -0.39 is 11.4 Å². The van der Waals surface area contributed by atoms with E-state index in [0.717, 1.165) is 56.1 Å². The van der Waals surface area contributed by atoms with Crippen molar-refractivity contribution in [2.24, 2.45) is 0 Å². The molecule has 0 heterocycles. The van der Waals surface area contributed by atoms with Crippen LogP contribution in [0.1, 0.15) is 67.2 Å². The fourth-order valence-electron chi connectivity index (χ4n) is 4.45. The van der Waals surface area contributed by atoms with Crippen LogP contribution < -0.4 is 0 Å². The van der Waals surface area contributed by atoms with E-state index in [9.17, 15) is 15.0 Å². The number of halogens is 1. The van der Waals surface area contributed by atoms with Gasteiger partial charge in [0.05, 0.1) is 10.4 Å². The van der Waals surface area contributed by atoms with Crippen molar-refractivity contribution in [2.75, 3.05) is 0 Å². The van der Waals surface area contributed by atoms with Crippen molar-refractivity contribution < 1.29 is 15.0 Å². The maximum atomic E-state index is 12.1. The molecule has 0 saturated heterocycles. The summed E-state index contributed by atoms with van der Waals surface area (Å²) in [7, 11) is 0. The molecule has 3 rings (SSSR count). The van der Waals surface area contributed by atoms with Crippen molar-refractivity contribution in [1.82, 2.24) is 0 Å². The summed E-state index contributed by atoms with van der Waals surface area (Å²) in [6.45, 7) is 1.97. The Hall–Kier alpha value is -1.22. The summed E-state index contributed by atoms with van der Waals surface area (Å²) >= 11 is 6.43. The minimum Gasteiger partial charge on any atom is -0.506 e. The molecule has 2 aliphatic rings. The van der Waals surface area contributed by atoms with E-state index in [1.165, 1.54) is 5.56 Å². The molecule has 0 radical (unpaired) electrons. The number of fused-ring (bicyclic) bond motifs is 1. The van der Waals surface area contributed by atoms with Gasteiger partial charge in [0.1, 0.15) is 5.75 Å². The monoisotopic (exact) mass is 322 g/mol. The fourth-order valence-corrected chi connectivity index (χ4v) is 4.76. The number of rotatable bonds is 2. The number of phenolic OH excluding ortho intramolecular Hbond substituents is 1. The molecular weight excluding hydrogens is 300 g/mol. The standard InChI is InChI=1S/C18H23ClO3/c1-11-12-7-3-4-8-13(12)15(19)16(20)14(11)18(17(21)22)9-5-2-6-10-18/h20H,2-10H2,1H3,(H,21,22). The Balaban J connectivity index is 2.25. The first-order chi connectivity index (χ1) is 10.5. The lowest BCUT2D eigenvalue weighted by Gasteiger charge is -2.37. The van der Waals surface area contributed by atoms with Gasteiger partial charge in [-0.1, -0.05) is 30.9 Å². The third-order valence-electron chi connectivity index (χ3n) is 5.60. The Labute approximate surface area is 136 Å². The fraction of sp³-hybridized carbons (Fsp3) is 0.611. The number of carboxylic acid groups (broad SMARTS) is 1. The van der Waals surface area contributed by atoms with E-state index in [0.29, 0.717) is 23.4 Å². The molecule has 0 atom stereocenters. The van der Waals surface area contributed by atoms with E-state index in [-0.39, 0.29) is 5.75 Å². The number of carboxylic acids is 1. The van der Waals surface area contributed by atoms with Crippen LogP contribution in [0.5, 0.6) is 5.75 Å². The highest BCUT2D eigenvalue weighted by atomic mass is 35.5. The SMILES string of the molecule is Cc1c2c(c(Cl)c(O)c1C1(C(=O)O)CCCCC1)CCCC2. The summed E-state index contributed by atoms with van der Waals surface area (Å²) < 4.78 is 0. The van der Waals surface area contributed by atoms with Crippen LogP contribution in [-0.4, -0.2) is 16.2 Å². The van der Waals surface area contributed by atoms with Gasteiger partial charge in [-0.3, -0.25) is 4.79 Å². The second-order valence-electron chi connectivity index (χ2n) is 6.77. The number of aliphatic carboxylic acids is 1. The van der Waals surface area contributed by atoms with Crippen LogP contribution in [0.15, 0.2) is 0 Å². The van der Waals surface area contributed by atoms with Gasteiger partial charge in [-0.15, -0.1) is 0 Å². The molecule has 1 aromatic rings. The van der Waals surface area contributed by atoms with Crippen molar-refractivity contribution in [3.05, 3.63) is 27.3 Å². The molecule has 22 heavy (non-hydrogen) atoms. The molecule has 120 valence electrons. The van der Waals surface area contributed by atoms with Crippen LogP contribution in [-0.2, 0) is 23.1 Å². The number of hydrogen-bond donors (Lipinski definition) is 2. The van der Waals surface area contributed by atoms with Gasteiger partial charge in [0.25, 0.3) is 0 Å². The van der Waals surface area contributed by atoms with Gasteiger partial charge in [-0.05, 0) is 62.1 Å². The molecule has 0 amide bonds. The molecule has 2 aliphatic carbocycles. The topological polar surface area (TPSA) is 57.5 Å². The van der Waals surface area contributed by atoms with Gasteiger partial charge in [0.15, 0.2) is 0 Å². The van der Waals surface area contributed by atoms with E-state index in [1.54, 1.807) is 0 Å². The van der Waals surface area contributed by atoms with Crippen LogP contribution >= 0.6 is 11.6 Å². The number of aromatic hydroxyl groups is 1. The average molecular weight is 323 g/mol. The Morgan fingerprint density at radius 2 is 1.64 bits per heavy atom. The maximum Gasteiger partial charge on any atom is 0.314 e. The van der Waals surface area contributed by atoms with Crippen LogP contribution in [0.3, 0.4) is 0 Å². The molecule has 2 N–H and O–H groups in total. The first-order valence-electron chi connectivity index (χ1n) is 8.25. The number of carbonyl (C=O) groups is 1. The van der Waals surface area contributed by atoms with Crippen molar-refractivity contribution in [3.8, 4) is 5.75 Å². The van der Waals surface area contributed by atoms with Crippen LogP contribution in [0.2, 0.25) is 5.02 Å². The minimum absolute atomic E-state index is 0.0177. The van der Waals surface area contributed by atoms with Crippen LogP contribution in [0, 0.1) is 6.92 Å². The highest BCUT2D eigenvalue weighted by Gasteiger charge is 2.45. The smallest absolute Gasteiger partial charge is 0.314 e. The molecule has 1 aromatic carbocycles. The van der Waals surface area contributed by atoms with Gasteiger partial charge in [-0.2, -0.15) is 0 Å². The van der Waals surface area contributed by atoms with Gasteiger partial charge in [0.2, 0.25) is 0 Å². The summed E-state index contributed by atoms with van der Waals surface area (Å²) in [6, 6.07) is 0. The van der Waals surface area contributed by atoms with Crippen LogP contribution in [0.25, 0.3) is 0 Å². The van der Waals surface area contributed by atoms with Gasteiger partial charge in [-0.25, -0.2) is 0 Å². The number of hydrogen-bond acceptors (Lipinski definition) is 2. The normalized spacial score (nSPS) is 20.5. The van der Waals surface area contributed by atoms with Crippen molar-refractivity contribution in [1.29, 1.82) is 0 Å². The second-order valence-corrected chi connectivity index (χ2v) is 7.15. The zero-order chi connectivity index (χ0) is 15.9. The first kappa shape index (κ1) is 15.7. The Bertz CT molecular complexity index is 615. The molecule has 0 spiro atoms. The maximum absolute atomic E-state index is 12.1. The molecule has 4 heteroatoms. The van der Waals surface area contributed by atoms with Gasteiger partial charge >= 0.3 is 5.97 Å². The zero-order valence-corrected chi connectivity index (χ0v) is 13.8. The third-order valence-corrected chi connectivity index (χ3v) is 6.01. The Kier molecular flexibility index (Phi) is 4.11. The molecular formula is C18H23ClO3. The molecule has 0 bridgehead atoms. The summed E-state index contributed by atoms with van der Waals surface area (Å²) in [5.74, 6) is -0.804.